The number of nitrogens with zero attached hydrogens (tertiary/aromatic N) is 2. The first kappa shape index (κ1) is 17.9. The van der Waals surface area contributed by atoms with Crippen LogP contribution in [0.3, 0.4) is 0 Å². The smallest absolute Gasteiger partial charge is 0.234 e. The molecule has 5 nitrogen and oxygen atoms in total. The van der Waals surface area contributed by atoms with Crippen LogP contribution < -0.4 is 5.32 Å². The van der Waals surface area contributed by atoms with Crippen molar-refractivity contribution in [2.45, 2.75) is 32.1 Å². The largest absolute Gasteiger partial charge is 0.355 e. The number of likely N-dealkylation sites (tertiary alicyclic amines) is 1. The molecule has 2 amide bonds. The van der Waals surface area contributed by atoms with Crippen LogP contribution in [-0.4, -0.2) is 36.3 Å². The first-order chi connectivity index (χ1) is 11.6. The van der Waals surface area contributed by atoms with E-state index in [2.05, 4.69) is 5.32 Å². The number of nitrogens with one attached hydrogen (secondary N) is 1. The molecule has 1 aliphatic heterocycles. The van der Waals surface area contributed by atoms with Crippen molar-refractivity contribution in [3.05, 3.63) is 35.6 Å². The Morgan fingerprint density at radius 1 is 1.25 bits per heavy atom. The molecular formula is C18H22FN3O2. The SMILES string of the molecule is N#CCC(=O)NCC1CCN(C(=O)CCc2ccc(F)cc2)CC1. The van der Waals surface area contributed by atoms with Gasteiger partial charge in [-0.05, 0) is 42.9 Å². The van der Waals surface area contributed by atoms with Crippen LogP contribution in [-0.2, 0) is 16.0 Å². The summed E-state index contributed by atoms with van der Waals surface area (Å²) in [5, 5.41) is 11.2. The fraction of sp³-hybridized carbons (Fsp3) is 0.500. The Kier molecular flexibility index (Phi) is 6.74. The highest BCUT2D eigenvalue weighted by Gasteiger charge is 2.22. The Labute approximate surface area is 141 Å². The number of rotatable bonds is 6. The maximum Gasteiger partial charge on any atom is 0.234 e. The molecule has 128 valence electrons. The Morgan fingerprint density at radius 2 is 1.92 bits per heavy atom. The molecule has 1 aromatic carbocycles. The molecule has 0 bridgehead atoms. The summed E-state index contributed by atoms with van der Waals surface area (Å²) in [6.07, 6.45) is 2.64. The van der Waals surface area contributed by atoms with Crippen molar-refractivity contribution in [2.24, 2.45) is 5.92 Å². The second-order valence-electron chi connectivity index (χ2n) is 6.09. The lowest BCUT2D eigenvalue weighted by Gasteiger charge is -2.32. The van der Waals surface area contributed by atoms with Gasteiger partial charge in [-0.3, -0.25) is 9.59 Å². The van der Waals surface area contributed by atoms with Crippen LogP contribution >= 0.6 is 0 Å². The number of halogens is 1. The molecule has 0 aromatic heterocycles. The third-order valence-corrected chi connectivity index (χ3v) is 4.34. The summed E-state index contributed by atoms with van der Waals surface area (Å²) in [6, 6.07) is 8.05. The molecule has 0 aliphatic carbocycles. The van der Waals surface area contributed by atoms with Gasteiger partial charge in [0.15, 0.2) is 0 Å². The number of benzene rings is 1. The van der Waals surface area contributed by atoms with Crippen LogP contribution in [0.2, 0.25) is 0 Å². The average Bonchev–Trinajstić information content (AvgIpc) is 2.60. The summed E-state index contributed by atoms with van der Waals surface area (Å²) in [5.74, 6) is -0.0376. The molecule has 0 radical (unpaired) electrons. The predicted molar refractivity (Wildman–Crippen MR) is 87.3 cm³/mol. The molecule has 1 saturated heterocycles. The van der Waals surface area contributed by atoms with Crippen molar-refractivity contribution in [3.8, 4) is 6.07 Å². The first-order valence-electron chi connectivity index (χ1n) is 8.24. The Hall–Kier alpha value is -2.42. The van der Waals surface area contributed by atoms with Gasteiger partial charge in [0.25, 0.3) is 0 Å². The lowest BCUT2D eigenvalue weighted by Crippen LogP contribution is -2.41. The lowest BCUT2D eigenvalue weighted by atomic mass is 9.96. The zero-order chi connectivity index (χ0) is 17.4. The van der Waals surface area contributed by atoms with Gasteiger partial charge in [-0.15, -0.1) is 0 Å². The number of carbonyl (C=O) groups excluding carboxylic acids is 2. The van der Waals surface area contributed by atoms with Crippen LogP contribution in [0.5, 0.6) is 0 Å². The molecule has 0 unspecified atom stereocenters. The summed E-state index contributed by atoms with van der Waals surface area (Å²) in [6.45, 7) is 1.96. The highest BCUT2D eigenvalue weighted by Crippen LogP contribution is 2.18. The van der Waals surface area contributed by atoms with Gasteiger partial charge in [-0.1, -0.05) is 12.1 Å². The van der Waals surface area contributed by atoms with Crippen molar-refractivity contribution in [2.75, 3.05) is 19.6 Å². The fourth-order valence-electron chi connectivity index (χ4n) is 2.84. The van der Waals surface area contributed by atoms with E-state index in [1.165, 1.54) is 12.1 Å². The van der Waals surface area contributed by atoms with Crippen LogP contribution in [0.1, 0.15) is 31.2 Å². The summed E-state index contributed by atoms with van der Waals surface area (Å²) in [4.78, 5) is 25.4. The molecule has 1 heterocycles. The normalized spacial score (nSPS) is 14.9. The maximum atomic E-state index is 12.9. The van der Waals surface area contributed by atoms with Gasteiger partial charge in [0, 0.05) is 26.1 Å². The zero-order valence-electron chi connectivity index (χ0n) is 13.6. The Balaban J connectivity index is 1.68. The number of hydrogen-bond acceptors (Lipinski definition) is 3. The average molecular weight is 331 g/mol. The van der Waals surface area contributed by atoms with Gasteiger partial charge in [-0.25, -0.2) is 4.39 Å². The first-order valence-corrected chi connectivity index (χ1v) is 8.24. The number of piperidine rings is 1. The van der Waals surface area contributed by atoms with Crippen LogP contribution in [0.25, 0.3) is 0 Å². The number of hydrogen-bond donors (Lipinski definition) is 1. The van der Waals surface area contributed by atoms with Crippen LogP contribution in [0.15, 0.2) is 24.3 Å². The number of carbonyl (C=O) groups is 2. The van der Waals surface area contributed by atoms with E-state index in [9.17, 15) is 14.0 Å². The maximum absolute atomic E-state index is 12.9. The number of aryl methyl sites for hydroxylation is 1. The molecule has 2 rings (SSSR count). The quantitative estimate of drug-likeness (QED) is 0.867. The summed E-state index contributed by atoms with van der Waals surface area (Å²) in [7, 11) is 0. The van der Waals surface area contributed by atoms with Gasteiger partial charge in [0.05, 0.1) is 6.07 Å². The molecule has 0 saturated carbocycles. The standard InChI is InChI=1S/C18H22FN3O2/c19-16-4-1-14(2-5-16)3-6-18(24)22-11-8-15(9-12-22)13-21-17(23)7-10-20/h1-2,4-5,15H,3,6-9,11-13H2,(H,21,23). The molecule has 1 aromatic rings. The monoisotopic (exact) mass is 331 g/mol. The predicted octanol–water partition coefficient (Wildman–Crippen LogP) is 2.03. The molecule has 0 atom stereocenters. The summed E-state index contributed by atoms with van der Waals surface area (Å²) < 4.78 is 12.9. The lowest BCUT2D eigenvalue weighted by molar-refractivity contribution is -0.132. The van der Waals surface area contributed by atoms with Crippen molar-refractivity contribution >= 4 is 11.8 Å². The molecule has 0 spiro atoms. The van der Waals surface area contributed by atoms with Gasteiger partial charge >= 0.3 is 0 Å². The molecule has 1 aliphatic rings. The fourth-order valence-corrected chi connectivity index (χ4v) is 2.84. The van der Waals surface area contributed by atoms with Crippen LogP contribution in [0, 0.1) is 23.1 Å². The summed E-state index contributed by atoms with van der Waals surface area (Å²) in [5.41, 5.74) is 0.958. The third-order valence-electron chi connectivity index (χ3n) is 4.34. The zero-order valence-corrected chi connectivity index (χ0v) is 13.6. The van der Waals surface area contributed by atoms with Gasteiger partial charge < -0.3 is 10.2 Å². The van der Waals surface area contributed by atoms with E-state index in [0.717, 1.165) is 18.4 Å². The van der Waals surface area contributed by atoms with Crippen molar-refractivity contribution in [1.82, 2.24) is 10.2 Å². The van der Waals surface area contributed by atoms with Gasteiger partial charge in [0.1, 0.15) is 12.2 Å². The molecule has 24 heavy (non-hydrogen) atoms. The number of amides is 2. The number of nitriles is 1. The van der Waals surface area contributed by atoms with Crippen LogP contribution in [0.4, 0.5) is 4.39 Å². The second-order valence-corrected chi connectivity index (χ2v) is 6.09. The Morgan fingerprint density at radius 3 is 2.54 bits per heavy atom. The molecule has 6 heteroatoms. The highest BCUT2D eigenvalue weighted by molar-refractivity contribution is 5.78. The van der Waals surface area contributed by atoms with E-state index in [-0.39, 0.29) is 24.1 Å². The van der Waals surface area contributed by atoms with Crippen molar-refractivity contribution < 1.29 is 14.0 Å². The topological polar surface area (TPSA) is 73.2 Å². The minimum Gasteiger partial charge on any atom is -0.355 e. The van der Waals surface area contributed by atoms with E-state index >= 15 is 0 Å². The summed E-state index contributed by atoms with van der Waals surface area (Å²) >= 11 is 0. The molecule has 1 fully saturated rings. The minimum absolute atomic E-state index is 0.110. The van der Waals surface area contributed by atoms with Gasteiger partial charge in [0.2, 0.25) is 11.8 Å². The van der Waals surface area contributed by atoms with Crippen molar-refractivity contribution in [1.29, 1.82) is 5.26 Å². The van der Waals surface area contributed by atoms with E-state index in [1.807, 2.05) is 11.0 Å². The van der Waals surface area contributed by atoms with E-state index in [1.54, 1.807) is 12.1 Å². The van der Waals surface area contributed by atoms with E-state index in [4.69, 9.17) is 5.26 Å². The molecular weight excluding hydrogens is 309 g/mol. The minimum atomic E-state index is -0.269. The van der Waals surface area contributed by atoms with Gasteiger partial charge in [-0.2, -0.15) is 5.26 Å². The highest BCUT2D eigenvalue weighted by atomic mass is 19.1. The third kappa shape index (κ3) is 5.65. The second kappa shape index (κ2) is 9.02. The molecule has 1 N–H and O–H groups in total. The Bertz CT molecular complexity index is 602. The van der Waals surface area contributed by atoms with Crippen molar-refractivity contribution in [3.63, 3.8) is 0 Å². The van der Waals surface area contributed by atoms with E-state index in [0.29, 0.717) is 38.4 Å². The van der Waals surface area contributed by atoms with E-state index < -0.39 is 0 Å².